The van der Waals surface area contributed by atoms with Crippen molar-refractivity contribution < 1.29 is 22.8 Å². The highest BCUT2D eigenvalue weighted by molar-refractivity contribution is 5.78. The van der Waals surface area contributed by atoms with E-state index in [-0.39, 0.29) is 31.7 Å². The van der Waals surface area contributed by atoms with Crippen molar-refractivity contribution in [2.45, 2.75) is 50.9 Å². The zero-order chi connectivity index (χ0) is 19.0. The Morgan fingerprint density at radius 2 is 1.81 bits per heavy atom. The third-order valence-corrected chi connectivity index (χ3v) is 4.44. The van der Waals surface area contributed by atoms with E-state index in [9.17, 15) is 22.8 Å². The number of hydrogen-bond donors (Lipinski definition) is 3. The minimum absolute atomic E-state index is 0.0888. The molecule has 3 amide bonds. The Labute approximate surface area is 150 Å². The lowest BCUT2D eigenvalue weighted by Crippen LogP contribution is -2.46. The largest absolute Gasteiger partial charge is 0.391 e. The second-order valence-corrected chi connectivity index (χ2v) is 6.51. The first kappa shape index (κ1) is 20.1. The highest BCUT2D eigenvalue weighted by Gasteiger charge is 2.42. The van der Waals surface area contributed by atoms with Gasteiger partial charge in [0.05, 0.1) is 5.92 Å². The minimum atomic E-state index is -4.21. The van der Waals surface area contributed by atoms with Crippen LogP contribution in [0.25, 0.3) is 0 Å². The summed E-state index contributed by atoms with van der Waals surface area (Å²) in [4.78, 5) is 23.5. The number of carbonyl (C=O) groups excluding carboxylic acids is 2. The standard InChI is InChI=1S/C18H24F3N3O2/c19-18(20,21)14-7-4-8-15(11-14)24-17(26)22-10-9-16(25)23-12-13-5-2-1-3-6-13/h1-3,5-6,14-15H,4,7-12H2,(H,23,25)(H2,22,24,26). The van der Waals surface area contributed by atoms with Crippen molar-refractivity contribution in [3.63, 3.8) is 0 Å². The van der Waals surface area contributed by atoms with Crippen LogP contribution >= 0.6 is 0 Å². The van der Waals surface area contributed by atoms with Gasteiger partial charge in [-0.05, 0) is 24.8 Å². The maximum absolute atomic E-state index is 12.8. The molecule has 26 heavy (non-hydrogen) atoms. The summed E-state index contributed by atoms with van der Waals surface area (Å²) in [5, 5.41) is 7.83. The highest BCUT2D eigenvalue weighted by Crippen LogP contribution is 2.37. The van der Waals surface area contributed by atoms with Crippen LogP contribution < -0.4 is 16.0 Å². The molecular weight excluding hydrogens is 347 g/mol. The molecule has 0 spiro atoms. The highest BCUT2D eigenvalue weighted by atomic mass is 19.4. The van der Waals surface area contributed by atoms with Gasteiger partial charge in [-0.15, -0.1) is 0 Å². The van der Waals surface area contributed by atoms with Gasteiger partial charge in [0.1, 0.15) is 0 Å². The Kier molecular flexibility index (Phi) is 7.29. The van der Waals surface area contributed by atoms with Gasteiger partial charge in [-0.3, -0.25) is 4.79 Å². The van der Waals surface area contributed by atoms with Gasteiger partial charge >= 0.3 is 12.2 Å². The molecule has 1 aromatic rings. The van der Waals surface area contributed by atoms with Crippen LogP contribution in [0.15, 0.2) is 30.3 Å². The molecule has 1 aromatic carbocycles. The van der Waals surface area contributed by atoms with Crippen LogP contribution in [0, 0.1) is 5.92 Å². The van der Waals surface area contributed by atoms with Gasteiger partial charge in [-0.1, -0.05) is 36.8 Å². The maximum atomic E-state index is 12.8. The summed E-state index contributed by atoms with van der Waals surface area (Å²) in [6, 6.07) is 8.41. The molecule has 0 radical (unpaired) electrons. The molecule has 3 N–H and O–H groups in total. The van der Waals surface area contributed by atoms with Crippen LogP contribution in [0.1, 0.15) is 37.7 Å². The molecule has 2 rings (SSSR count). The van der Waals surface area contributed by atoms with Crippen LogP contribution in [0.3, 0.4) is 0 Å². The van der Waals surface area contributed by atoms with Gasteiger partial charge in [0.15, 0.2) is 0 Å². The summed E-state index contributed by atoms with van der Waals surface area (Å²) in [6.07, 6.45) is -3.10. The quantitative estimate of drug-likeness (QED) is 0.719. The predicted octanol–water partition coefficient (Wildman–Crippen LogP) is 3.11. The molecular formula is C18H24F3N3O2. The molecule has 1 saturated carbocycles. The number of hydrogen-bond acceptors (Lipinski definition) is 2. The average molecular weight is 371 g/mol. The van der Waals surface area contributed by atoms with Gasteiger partial charge in [0.2, 0.25) is 5.91 Å². The van der Waals surface area contributed by atoms with E-state index < -0.39 is 24.2 Å². The van der Waals surface area contributed by atoms with Gasteiger partial charge in [0, 0.05) is 25.6 Å². The fourth-order valence-corrected chi connectivity index (χ4v) is 3.03. The van der Waals surface area contributed by atoms with E-state index in [2.05, 4.69) is 16.0 Å². The number of benzene rings is 1. The van der Waals surface area contributed by atoms with Crippen molar-refractivity contribution in [3.8, 4) is 0 Å². The molecule has 0 bridgehead atoms. The van der Waals surface area contributed by atoms with E-state index in [1.165, 1.54) is 0 Å². The third kappa shape index (κ3) is 6.93. The molecule has 0 aromatic heterocycles. The third-order valence-electron chi connectivity index (χ3n) is 4.44. The smallest absolute Gasteiger partial charge is 0.352 e. The van der Waals surface area contributed by atoms with E-state index in [4.69, 9.17) is 0 Å². The Morgan fingerprint density at radius 3 is 2.50 bits per heavy atom. The van der Waals surface area contributed by atoms with Crippen molar-refractivity contribution in [1.29, 1.82) is 0 Å². The molecule has 0 aliphatic heterocycles. The minimum Gasteiger partial charge on any atom is -0.352 e. The van der Waals surface area contributed by atoms with Gasteiger partial charge in [-0.2, -0.15) is 13.2 Å². The van der Waals surface area contributed by atoms with E-state index in [1.807, 2.05) is 30.3 Å². The van der Waals surface area contributed by atoms with Crippen molar-refractivity contribution in [2.24, 2.45) is 5.92 Å². The lowest BCUT2D eigenvalue weighted by Gasteiger charge is -2.31. The lowest BCUT2D eigenvalue weighted by molar-refractivity contribution is -0.183. The molecule has 1 aliphatic carbocycles. The normalized spacial score (nSPS) is 20.3. The lowest BCUT2D eigenvalue weighted by atomic mass is 9.85. The Morgan fingerprint density at radius 1 is 1.08 bits per heavy atom. The number of rotatable bonds is 6. The first-order chi connectivity index (χ1) is 12.3. The summed E-state index contributed by atoms with van der Waals surface area (Å²) in [7, 11) is 0. The molecule has 1 aliphatic rings. The number of nitrogens with one attached hydrogen (secondary N) is 3. The number of alkyl halides is 3. The number of halogens is 3. The van der Waals surface area contributed by atoms with E-state index in [0.717, 1.165) is 5.56 Å². The molecule has 0 heterocycles. The number of urea groups is 1. The topological polar surface area (TPSA) is 70.2 Å². The molecule has 0 saturated heterocycles. The molecule has 2 atom stereocenters. The Balaban J connectivity index is 1.62. The zero-order valence-electron chi connectivity index (χ0n) is 14.4. The van der Waals surface area contributed by atoms with Crippen molar-refractivity contribution >= 4 is 11.9 Å². The Hall–Kier alpha value is -2.25. The van der Waals surface area contributed by atoms with Crippen LogP contribution in [0.5, 0.6) is 0 Å². The SMILES string of the molecule is O=C(CCNC(=O)NC1CCCC(C(F)(F)F)C1)NCc1ccccc1. The maximum Gasteiger partial charge on any atom is 0.391 e. The Bertz CT molecular complexity index is 593. The van der Waals surface area contributed by atoms with Crippen LogP contribution in [-0.4, -0.2) is 30.7 Å². The fourth-order valence-electron chi connectivity index (χ4n) is 3.03. The summed E-state index contributed by atoms with van der Waals surface area (Å²) < 4.78 is 38.3. The summed E-state index contributed by atoms with van der Waals surface area (Å²) >= 11 is 0. The van der Waals surface area contributed by atoms with Gasteiger partial charge in [0.25, 0.3) is 0 Å². The van der Waals surface area contributed by atoms with E-state index in [1.54, 1.807) is 0 Å². The van der Waals surface area contributed by atoms with E-state index >= 15 is 0 Å². The van der Waals surface area contributed by atoms with Gasteiger partial charge in [-0.25, -0.2) is 4.79 Å². The second kappa shape index (κ2) is 9.45. The first-order valence-electron chi connectivity index (χ1n) is 8.76. The van der Waals surface area contributed by atoms with Gasteiger partial charge < -0.3 is 16.0 Å². The zero-order valence-corrected chi connectivity index (χ0v) is 14.4. The second-order valence-electron chi connectivity index (χ2n) is 6.51. The molecule has 2 unspecified atom stereocenters. The fraction of sp³-hybridized carbons (Fsp3) is 0.556. The van der Waals surface area contributed by atoms with Crippen LogP contribution in [-0.2, 0) is 11.3 Å². The average Bonchev–Trinajstić information content (AvgIpc) is 2.60. The van der Waals surface area contributed by atoms with Crippen molar-refractivity contribution in [1.82, 2.24) is 16.0 Å². The van der Waals surface area contributed by atoms with Crippen LogP contribution in [0.4, 0.5) is 18.0 Å². The summed E-state index contributed by atoms with van der Waals surface area (Å²) in [5.74, 6) is -1.56. The van der Waals surface area contributed by atoms with Crippen molar-refractivity contribution in [3.05, 3.63) is 35.9 Å². The molecule has 5 nitrogen and oxygen atoms in total. The molecule has 144 valence electrons. The summed E-state index contributed by atoms with van der Waals surface area (Å²) in [5.41, 5.74) is 0.975. The van der Waals surface area contributed by atoms with Crippen molar-refractivity contribution in [2.75, 3.05) is 6.54 Å². The predicted molar refractivity (Wildman–Crippen MR) is 91.2 cm³/mol. The summed E-state index contributed by atoms with van der Waals surface area (Å²) in [6.45, 7) is 0.536. The number of amides is 3. The first-order valence-corrected chi connectivity index (χ1v) is 8.76. The molecule has 8 heteroatoms. The van der Waals surface area contributed by atoms with Crippen LogP contribution in [0.2, 0.25) is 0 Å². The molecule has 1 fully saturated rings. The monoisotopic (exact) mass is 371 g/mol. The number of carbonyl (C=O) groups is 2. The van der Waals surface area contributed by atoms with E-state index in [0.29, 0.717) is 19.4 Å².